The van der Waals surface area contributed by atoms with E-state index in [1.165, 1.54) is 4.90 Å². The Morgan fingerprint density at radius 2 is 1.91 bits per heavy atom. The minimum atomic E-state index is -0.678. The van der Waals surface area contributed by atoms with Crippen LogP contribution < -0.4 is 20.7 Å². The van der Waals surface area contributed by atoms with Crippen molar-refractivity contribution in [2.24, 2.45) is 0 Å². The van der Waals surface area contributed by atoms with Crippen molar-refractivity contribution in [1.82, 2.24) is 10.2 Å². The second-order valence-corrected chi connectivity index (χ2v) is 8.49. The maximum atomic E-state index is 12.9. The predicted molar refractivity (Wildman–Crippen MR) is 120 cm³/mol. The smallest absolute Gasteiger partial charge is 0.262 e. The van der Waals surface area contributed by atoms with Gasteiger partial charge in [0.15, 0.2) is 6.61 Å². The SMILES string of the molecule is O=C1CCC(N2Cc3ccc(NC(=O)CCc4ccc5c(c4)NC(=O)CO5)cc3C2=O)C(=O)N1. The van der Waals surface area contributed by atoms with Crippen LogP contribution in [0.4, 0.5) is 11.4 Å². The third-order valence-electron chi connectivity index (χ3n) is 6.13. The van der Waals surface area contributed by atoms with Crippen molar-refractivity contribution in [1.29, 1.82) is 0 Å². The molecule has 1 unspecified atom stereocenters. The first-order chi connectivity index (χ1) is 16.4. The van der Waals surface area contributed by atoms with Crippen LogP contribution in [0, 0.1) is 0 Å². The molecule has 0 aromatic heterocycles. The average molecular weight is 462 g/mol. The summed E-state index contributed by atoms with van der Waals surface area (Å²) in [5.41, 5.74) is 3.17. The summed E-state index contributed by atoms with van der Waals surface area (Å²) >= 11 is 0. The molecule has 2 aromatic rings. The highest BCUT2D eigenvalue weighted by molar-refractivity contribution is 6.06. The Labute approximate surface area is 194 Å². The van der Waals surface area contributed by atoms with Gasteiger partial charge in [-0.05, 0) is 48.2 Å². The summed E-state index contributed by atoms with van der Waals surface area (Å²) in [5, 5.41) is 7.84. The van der Waals surface area contributed by atoms with E-state index in [-0.39, 0.29) is 49.6 Å². The Morgan fingerprint density at radius 3 is 2.74 bits per heavy atom. The molecule has 1 fully saturated rings. The van der Waals surface area contributed by atoms with E-state index >= 15 is 0 Å². The molecule has 1 saturated heterocycles. The number of hydrogen-bond donors (Lipinski definition) is 3. The zero-order chi connectivity index (χ0) is 23.8. The summed E-state index contributed by atoms with van der Waals surface area (Å²) in [4.78, 5) is 62.0. The number of nitrogens with one attached hydrogen (secondary N) is 3. The molecule has 0 spiro atoms. The van der Waals surface area contributed by atoms with Crippen LogP contribution in [0.3, 0.4) is 0 Å². The van der Waals surface area contributed by atoms with Gasteiger partial charge >= 0.3 is 0 Å². The zero-order valence-corrected chi connectivity index (χ0v) is 18.2. The Morgan fingerprint density at radius 1 is 1.06 bits per heavy atom. The fourth-order valence-electron chi connectivity index (χ4n) is 4.40. The van der Waals surface area contributed by atoms with Crippen molar-refractivity contribution in [3.8, 4) is 5.75 Å². The average Bonchev–Trinajstić information content (AvgIpc) is 3.13. The number of rotatable bonds is 5. The third-order valence-corrected chi connectivity index (χ3v) is 6.13. The minimum Gasteiger partial charge on any atom is -0.482 e. The molecule has 0 saturated carbocycles. The molecule has 3 heterocycles. The maximum absolute atomic E-state index is 12.9. The van der Waals surface area contributed by atoms with Crippen LogP contribution in [0.15, 0.2) is 36.4 Å². The number of imide groups is 1. The number of aryl methyl sites for hydroxylation is 1. The van der Waals surface area contributed by atoms with Gasteiger partial charge in [0, 0.05) is 30.6 Å². The highest BCUT2D eigenvalue weighted by atomic mass is 16.5. The molecule has 1 atom stereocenters. The number of benzene rings is 2. The van der Waals surface area contributed by atoms with Crippen molar-refractivity contribution in [2.45, 2.75) is 38.3 Å². The molecule has 34 heavy (non-hydrogen) atoms. The van der Waals surface area contributed by atoms with Gasteiger partial charge in [0.25, 0.3) is 11.8 Å². The van der Waals surface area contributed by atoms with Gasteiger partial charge in [0.05, 0.1) is 5.69 Å². The molecule has 3 N–H and O–H groups in total. The lowest BCUT2D eigenvalue weighted by atomic mass is 10.0. The zero-order valence-electron chi connectivity index (χ0n) is 18.2. The summed E-state index contributed by atoms with van der Waals surface area (Å²) in [6.45, 7) is 0.274. The fraction of sp³-hybridized carbons (Fsp3) is 0.292. The molecule has 0 aliphatic carbocycles. The van der Waals surface area contributed by atoms with Crippen molar-refractivity contribution in [2.75, 3.05) is 17.2 Å². The normalized spacial score (nSPS) is 19.1. The summed E-state index contributed by atoms with van der Waals surface area (Å²) < 4.78 is 5.34. The lowest BCUT2D eigenvalue weighted by Crippen LogP contribution is -2.52. The lowest BCUT2D eigenvalue weighted by Gasteiger charge is -2.29. The summed E-state index contributed by atoms with van der Waals surface area (Å²) in [6.07, 6.45) is 1.16. The molecular formula is C24H22N4O6. The van der Waals surface area contributed by atoms with Gasteiger partial charge in [-0.1, -0.05) is 12.1 Å². The number of hydrogen-bond acceptors (Lipinski definition) is 6. The Kier molecular flexibility index (Phi) is 5.48. The Bertz CT molecular complexity index is 1240. The molecule has 3 aliphatic rings. The van der Waals surface area contributed by atoms with Crippen LogP contribution in [0.2, 0.25) is 0 Å². The third kappa shape index (κ3) is 4.21. The predicted octanol–water partition coefficient (Wildman–Crippen LogP) is 1.35. The van der Waals surface area contributed by atoms with Crippen molar-refractivity contribution < 1.29 is 28.7 Å². The number of nitrogens with zero attached hydrogens (tertiary/aromatic N) is 1. The molecular weight excluding hydrogens is 440 g/mol. The van der Waals surface area contributed by atoms with Crippen molar-refractivity contribution in [3.63, 3.8) is 0 Å². The Balaban J connectivity index is 1.20. The van der Waals surface area contributed by atoms with Gasteiger partial charge in [-0.2, -0.15) is 0 Å². The van der Waals surface area contributed by atoms with Gasteiger partial charge in [-0.15, -0.1) is 0 Å². The summed E-state index contributed by atoms with van der Waals surface area (Å²) in [5.74, 6) is -0.917. The standard InChI is InChI=1S/C24H22N4O6/c29-20(7-2-13-1-6-19-17(9-13)26-22(31)12-34-19)25-15-4-3-14-11-28(24(33)16(14)10-15)18-5-8-21(30)27-23(18)32/h1,3-4,6,9-10,18H,2,5,7-8,11-12H2,(H,25,29)(H,26,31)(H,27,30,32). The van der Waals surface area contributed by atoms with Crippen molar-refractivity contribution in [3.05, 3.63) is 53.1 Å². The number of fused-ring (bicyclic) bond motifs is 2. The number of ether oxygens (including phenoxy) is 1. The fourth-order valence-corrected chi connectivity index (χ4v) is 4.40. The first-order valence-electron chi connectivity index (χ1n) is 11.0. The van der Waals surface area contributed by atoms with Gasteiger partial charge in [0.1, 0.15) is 11.8 Å². The second-order valence-electron chi connectivity index (χ2n) is 8.49. The van der Waals surface area contributed by atoms with Crippen LogP contribution in [0.5, 0.6) is 5.75 Å². The Hall–Kier alpha value is -4.21. The van der Waals surface area contributed by atoms with E-state index in [0.29, 0.717) is 35.5 Å². The van der Waals surface area contributed by atoms with Crippen LogP contribution >= 0.6 is 0 Å². The highest BCUT2D eigenvalue weighted by Gasteiger charge is 2.39. The van der Waals surface area contributed by atoms with Gasteiger partial charge in [0.2, 0.25) is 17.7 Å². The van der Waals surface area contributed by atoms with Gasteiger partial charge < -0.3 is 20.3 Å². The first kappa shape index (κ1) is 21.6. The van der Waals surface area contributed by atoms with E-state index in [0.717, 1.165) is 11.1 Å². The quantitative estimate of drug-likeness (QED) is 0.575. The van der Waals surface area contributed by atoms with Crippen LogP contribution in [-0.2, 0) is 32.1 Å². The monoisotopic (exact) mass is 462 g/mol. The molecule has 0 bridgehead atoms. The number of piperidine rings is 1. The number of carbonyl (C=O) groups is 5. The highest BCUT2D eigenvalue weighted by Crippen LogP contribution is 2.30. The van der Waals surface area contributed by atoms with Crippen LogP contribution in [-0.4, -0.2) is 47.1 Å². The van der Waals surface area contributed by atoms with Gasteiger partial charge in [-0.3, -0.25) is 29.3 Å². The maximum Gasteiger partial charge on any atom is 0.262 e. The molecule has 10 nitrogen and oxygen atoms in total. The van der Waals surface area contributed by atoms with E-state index in [1.807, 2.05) is 6.07 Å². The van der Waals surface area contributed by atoms with E-state index in [1.54, 1.807) is 30.3 Å². The molecule has 3 aliphatic heterocycles. The van der Waals surface area contributed by atoms with Crippen LogP contribution in [0.1, 0.15) is 40.7 Å². The van der Waals surface area contributed by atoms with E-state index < -0.39 is 11.9 Å². The summed E-state index contributed by atoms with van der Waals surface area (Å²) in [7, 11) is 0. The summed E-state index contributed by atoms with van der Waals surface area (Å²) in [6, 6.07) is 9.83. The topological polar surface area (TPSA) is 134 Å². The molecule has 5 rings (SSSR count). The largest absolute Gasteiger partial charge is 0.482 e. The molecule has 2 aromatic carbocycles. The molecule has 10 heteroatoms. The second kappa shape index (κ2) is 8.62. The van der Waals surface area contributed by atoms with Crippen molar-refractivity contribution >= 4 is 40.9 Å². The van der Waals surface area contributed by atoms with E-state index in [4.69, 9.17) is 4.74 Å². The number of amides is 5. The van der Waals surface area contributed by atoms with E-state index in [9.17, 15) is 24.0 Å². The number of carbonyl (C=O) groups excluding carboxylic acids is 5. The first-order valence-corrected chi connectivity index (χ1v) is 11.0. The number of anilines is 2. The molecule has 5 amide bonds. The molecule has 174 valence electrons. The lowest BCUT2D eigenvalue weighted by molar-refractivity contribution is -0.137. The van der Waals surface area contributed by atoms with E-state index in [2.05, 4.69) is 16.0 Å². The minimum absolute atomic E-state index is 0.0106. The van der Waals surface area contributed by atoms with Gasteiger partial charge in [-0.25, -0.2) is 0 Å². The van der Waals surface area contributed by atoms with Crippen LogP contribution in [0.25, 0.3) is 0 Å². The molecule has 0 radical (unpaired) electrons.